The van der Waals surface area contributed by atoms with Crippen LogP contribution in [-0.2, 0) is 11.3 Å². The Hall–Kier alpha value is -2.24. The summed E-state index contributed by atoms with van der Waals surface area (Å²) in [6.45, 7) is 4.57. The third kappa shape index (κ3) is 4.24. The number of likely N-dealkylation sites (tertiary alicyclic amines) is 1. The smallest absolute Gasteiger partial charge is 0.317 e. The highest BCUT2D eigenvalue weighted by Crippen LogP contribution is 2.30. The van der Waals surface area contributed by atoms with Gasteiger partial charge < -0.3 is 19.9 Å². The number of hydrogen-bond acceptors (Lipinski definition) is 3. The number of carbonyl (C=O) groups excluding carboxylic acids is 2. The Labute approximate surface area is 149 Å². The number of carbonyl (C=O) groups is 2. The van der Waals surface area contributed by atoms with Crippen molar-refractivity contribution in [1.82, 2.24) is 15.1 Å². The zero-order valence-corrected chi connectivity index (χ0v) is 15.0. The molecular formula is C19H27N3O3. The molecule has 1 N–H and O–H groups in total. The van der Waals surface area contributed by atoms with Crippen LogP contribution >= 0.6 is 0 Å². The van der Waals surface area contributed by atoms with Crippen molar-refractivity contribution in [2.75, 3.05) is 26.7 Å². The molecule has 2 fully saturated rings. The summed E-state index contributed by atoms with van der Waals surface area (Å²) in [5, 5.41) is 3.04. The molecular weight excluding hydrogens is 318 g/mol. The number of urea groups is 1. The largest absolute Gasteiger partial charge is 0.496 e. The van der Waals surface area contributed by atoms with Gasteiger partial charge in [-0.15, -0.1) is 0 Å². The van der Waals surface area contributed by atoms with Gasteiger partial charge in [0.25, 0.3) is 0 Å². The molecule has 1 saturated carbocycles. The van der Waals surface area contributed by atoms with Gasteiger partial charge in [-0.1, -0.05) is 18.2 Å². The molecule has 6 nitrogen and oxygen atoms in total. The topological polar surface area (TPSA) is 61.9 Å². The van der Waals surface area contributed by atoms with E-state index in [2.05, 4.69) is 5.32 Å². The molecule has 0 aromatic heterocycles. The minimum atomic E-state index is -0.0456. The normalized spacial score (nSPS) is 19.8. The molecule has 3 amide bonds. The van der Waals surface area contributed by atoms with E-state index in [-0.39, 0.29) is 17.9 Å². The summed E-state index contributed by atoms with van der Waals surface area (Å²) in [6.07, 6.45) is 2.63. The van der Waals surface area contributed by atoms with Crippen LogP contribution in [0.1, 0.15) is 31.7 Å². The first-order valence-electron chi connectivity index (χ1n) is 9.06. The van der Waals surface area contributed by atoms with Crippen molar-refractivity contribution >= 4 is 11.9 Å². The fourth-order valence-corrected chi connectivity index (χ4v) is 3.40. The third-order valence-corrected chi connectivity index (χ3v) is 5.00. The summed E-state index contributed by atoms with van der Waals surface area (Å²) in [5.41, 5.74) is 1.01. The van der Waals surface area contributed by atoms with Crippen molar-refractivity contribution in [1.29, 1.82) is 0 Å². The van der Waals surface area contributed by atoms with E-state index in [0.29, 0.717) is 25.6 Å². The third-order valence-electron chi connectivity index (χ3n) is 5.00. The van der Waals surface area contributed by atoms with Crippen LogP contribution in [0.3, 0.4) is 0 Å². The molecule has 0 spiro atoms. The van der Waals surface area contributed by atoms with E-state index in [1.165, 1.54) is 0 Å². The van der Waals surface area contributed by atoms with Crippen LogP contribution in [0.4, 0.5) is 4.79 Å². The first-order chi connectivity index (χ1) is 12.1. The van der Waals surface area contributed by atoms with Gasteiger partial charge in [-0.05, 0) is 25.8 Å². The van der Waals surface area contributed by atoms with Gasteiger partial charge in [0.05, 0.1) is 13.7 Å². The minimum Gasteiger partial charge on any atom is -0.496 e. The van der Waals surface area contributed by atoms with Gasteiger partial charge in [0.2, 0.25) is 5.91 Å². The van der Waals surface area contributed by atoms with Crippen LogP contribution < -0.4 is 10.1 Å². The van der Waals surface area contributed by atoms with Gasteiger partial charge in [0.1, 0.15) is 5.75 Å². The molecule has 1 heterocycles. The van der Waals surface area contributed by atoms with Crippen molar-refractivity contribution in [3.63, 3.8) is 0 Å². The van der Waals surface area contributed by atoms with E-state index in [1.807, 2.05) is 41.0 Å². The number of nitrogens with one attached hydrogen (secondary N) is 1. The molecule has 3 rings (SSSR count). The van der Waals surface area contributed by atoms with E-state index in [1.54, 1.807) is 7.11 Å². The Bertz CT molecular complexity index is 630. The number of rotatable bonds is 7. The molecule has 6 heteroatoms. The minimum absolute atomic E-state index is 0.0456. The maximum atomic E-state index is 12.7. The number of nitrogens with zero attached hydrogens (tertiary/aromatic N) is 2. The number of hydrogen-bond donors (Lipinski definition) is 1. The average molecular weight is 345 g/mol. The van der Waals surface area contributed by atoms with E-state index < -0.39 is 0 Å². The molecule has 0 radical (unpaired) electrons. The molecule has 1 aliphatic heterocycles. The van der Waals surface area contributed by atoms with E-state index in [0.717, 1.165) is 37.2 Å². The van der Waals surface area contributed by atoms with Gasteiger partial charge in [0.15, 0.2) is 0 Å². The second-order valence-corrected chi connectivity index (χ2v) is 6.86. The monoisotopic (exact) mass is 345 g/mol. The average Bonchev–Trinajstić information content (AvgIpc) is 3.40. The Balaban J connectivity index is 1.58. The SMILES string of the molecule is CCN1C[C@@H](CNC(=O)N(Cc2ccccc2OC)C2CC2)CC1=O. The quantitative estimate of drug-likeness (QED) is 0.824. The maximum absolute atomic E-state index is 12.7. The summed E-state index contributed by atoms with van der Waals surface area (Å²) < 4.78 is 5.40. The van der Waals surface area contributed by atoms with Gasteiger partial charge >= 0.3 is 6.03 Å². The second-order valence-electron chi connectivity index (χ2n) is 6.86. The predicted octanol–water partition coefficient (Wildman–Crippen LogP) is 2.24. The van der Waals surface area contributed by atoms with Crippen LogP contribution in [0.5, 0.6) is 5.75 Å². The van der Waals surface area contributed by atoms with Crippen molar-refractivity contribution in [2.45, 2.75) is 38.8 Å². The molecule has 0 bridgehead atoms. The van der Waals surface area contributed by atoms with Gasteiger partial charge in [0, 0.05) is 43.6 Å². The highest BCUT2D eigenvalue weighted by Gasteiger charge is 2.34. The fourth-order valence-electron chi connectivity index (χ4n) is 3.40. The van der Waals surface area contributed by atoms with Crippen LogP contribution in [0.25, 0.3) is 0 Å². The Morgan fingerprint density at radius 3 is 2.76 bits per heavy atom. The standard InChI is InChI=1S/C19H27N3O3/c1-3-21-12-14(10-18(21)23)11-20-19(24)22(16-8-9-16)13-15-6-4-5-7-17(15)25-2/h4-7,14,16H,3,8-13H2,1-2H3,(H,20,24)/t14-/m1/s1. The molecule has 1 saturated heterocycles. The summed E-state index contributed by atoms with van der Waals surface area (Å²) in [5.74, 6) is 1.21. The van der Waals surface area contributed by atoms with Crippen molar-refractivity contribution in [2.24, 2.45) is 5.92 Å². The first-order valence-corrected chi connectivity index (χ1v) is 9.06. The zero-order valence-electron chi connectivity index (χ0n) is 15.0. The Morgan fingerprint density at radius 2 is 2.12 bits per heavy atom. The number of benzene rings is 1. The Morgan fingerprint density at radius 1 is 1.36 bits per heavy atom. The lowest BCUT2D eigenvalue weighted by atomic mass is 10.1. The van der Waals surface area contributed by atoms with Gasteiger partial charge in [-0.2, -0.15) is 0 Å². The molecule has 1 aromatic carbocycles. The van der Waals surface area contributed by atoms with E-state index >= 15 is 0 Å². The molecule has 0 unspecified atom stereocenters. The summed E-state index contributed by atoms with van der Waals surface area (Å²) in [7, 11) is 1.65. The summed E-state index contributed by atoms with van der Waals surface area (Å²) in [6, 6.07) is 8.07. The lowest BCUT2D eigenvalue weighted by Gasteiger charge is -2.24. The summed E-state index contributed by atoms with van der Waals surface area (Å²) >= 11 is 0. The Kier molecular flexibility index (Phi) is 5.46. The zero-order chi connectivity index (χ0) is 17.8. The number of amides is 3. The lowest BCUT2D eigenvalue weighted by Crippen LogP contribution is -2.43. The molecule has 25 heavy (non-hydrogen) atoms. The molecule has 1 aromatic rings. The fraction of sp³-hybridized carbons (Fsp3) is 0.579. The summed E-state index contributed by atoms with van der Waals surface area (Å²) in [4.78, 5) is 28.3. The highest BCUT2D eigenvalue weighted by atomic mass is 16.5. The van der Waals surface area contributed by atoms with E-state index in [9.17, 15) is 9.59 Å². The van der Waals surface area contributed by atoms with Crippen LogP contribution in [0, 0.1) is 5.92 Å². The van der Waals surface area contributed by atoms with Crippen molar-refractivity contribution in [3.05, 3.63) is 29.8 Å². The van der Waals surface area contributed by atoms with Crippen molar-refractivity contribution in [3.8, 4) is 5.75 Å². The number of methoxy groups -OCH3 is 1. The highest BCUT2D eigenvalue weighted by molar-refractivity contribution is 5.79. The van der Waals surface area contributed by atoms with Gasteiger partial charge in [-0.25, -0.2) is 4.79 Å². The van der Waals surface area contributed by atoms with Crippen LogP contribution in [0.15, 0.2) is 24.3 Å². The predicted molar refractivity (Wildman–Crippen MR) is 95.3 cm³/mol. The second kappa shape index (κ2) is 7.76. The number of para-hydroxylation sites is 1. The molecule has 1 aliphatic carbocycles. The first kappa shape index (κ1) is 17.6. The lowest BCUT2D eigenvalue weighted by molar-refractivity contribution is -0.127. The molecule has 2 aliphatic rings. The van der Waals surface area contributed by atoms with Crippen LogP contribution in [0.2, 0.25) is 0 Å². The van der Waals surface area contributed by atoms with Crippen LogP contribution in [-0.4, -0.2) is 54.5 Å². The number of ether oxygens (including phenoxy) is 1. The molecule has 136 valence electrons. The molecule has 1 atom stereocenters. The maximum Gasteiger partial charge on any atom is 0.317 e. The van der Waals surface area contributed by atoms with Gasteiger partial charge in [-0.3, -0.25) is 4.79 Å². The van der Waals surface area contributed by atoms with E-state index in [4.69, 9.17) is 4.74 Å². The van der Waals surface area contributed by atoms with Crippen molar-refractivity contribution < 1.29 is 14.3 Å².